The first kappa shape index (κ1) is 26.0. The number of carbonyl (C=O) groups is 2. The number of nitro groups is 1. The van der Waals surface area contributed by atoms with Crippen LogP contribution in [0.3, 0.4) is 0 Å². The van der Waals surface area contributed by atoms with Gasteiger partial charge in [0.05, 0.1) is 35.5 Å². The molecular weight excluding hydrogens is 496 g/mol. The number of ether oxygens (including phenoxy) is 2. The second-order valence-corrected chi connectivity index (χ2v) is 8.98. The van der Waals surface area contributed by atoms with Gasteiger partial charge in [0, 0.05) is 37.2 Å². The lowest BCUT2D eigenvalue weighted by atomic mass is 10.2. The van der Waals surface area contributed by atoms with Crippen LogP contribution in [0.25, 0.3) is 0 Å². The number of rotatable bonds is 9. The summed E-state index contributed by atoms with van der Waals surface area (Å²) in [5.74, 6) is -0.0448. The predicted octanol–water partition coefficient (Wildman–Crippen LogP) is 4.72. The van der Waals surface area contributed by atoms with Crippen molar-refractivity contribution in [3.63, 3.8) is 0 Å². The van der Waals surface area contributed by atoms with Gasteiger partial charge in [-0.1, -0.05) is 35.5 Å². The number of hydrogen-bond donors (Lipinski definition) is 1. The number of carbonyl (C=O) groups excluding carboxylic acids is 2. The Bertz CT molecular complexity index is 1220. The third-order valence-corrected chi connectivity index (χ3v) is 6.54. The van der Waals surface area contributed by atoms with Gasteiger partial charge in [-0.15, -0.1) is 6.58 Å². The number of aliphatic imine (C=N–C) groups is 1. The standard InChI is InChI=1S/C23H23ClN4O6S/c1-5-8-27-22(30)20(35-23(27)26-16-9-14(28(31)32)7-6-13(16)2)12-21(29)25-17-11-18(33-3)15(24)10-19(17)34-4/h5-7,9-11,20H,1,8,12H2,2-4H3,(H,25,29)/t20-/m1/s1. The minimum absolute atomic E-state index is 0.109. The molecule has 1 saturated heterocycles. The van der Waals surface area contributed by atoms with E-state index in [2.05, 4.69) is 16.9 Å². The van der Waals surface area contributed by atoms with Gasteiger partial charge in [0.1, 0.15) is 16.7 Å². The number of methoxy groups -OCH3 is 2. The number of anilines is 1. The zero-order chi connectivity index (χ0) is 25.7. The van der Waals surface area contributed by atoms with E-state index in [9.17, 15) is 19.7 Å². The van der Waals surface area contributed by atoms with Crippen LogP contribution in [0.15, 0.2) is 48.0 Å². The number of hydrogen-bond acceptors (Lipinski definition) is 8. The Kier molecular flexibility index (Phi) is 8.36. The molecule has 0 unspecified atom stereocenters. The van der Waals surface area contributed by atoms with Crippen LogP contribution in [0.1, 0.15) is 12.0 Å². The number of amides is 2. The average Bonchev–Trinajstić information content (AvgIpc) is 3.10. The Morgan fingerprint density at radius 1 is 1.31 bits per heavy atom. The van der Waals surface area contributed by atoms with Gasteiger partial charge < -0.3 is 14.8 Å². The third-order valence-electron chi connectivity index (χ3n) is 5.07. The summed E-state index contributed by atoms with van der Waals surface area (Å²) in [5, 5.41) is 13.8. The van der Waals surface area contributed by atoms with Gasteiger partial charge in [-0.3, -0.25) is 24.6 Å². The lowest BCUT2D eigenvalue weighted by Crippen LogP contribution is -2.33. The fraction of sp³-hybridized carbons (Fsp3) is 0.261. The summed E-state index contributed by atoms with van der Waals surface area (Å²) >= 11 is 7.22. The Morgan fingerprint density at radius 3 is 2.66 bits per heavy atom. The molecule has 1 atom stereocenters. The highest BCUT2D eigenvalue weighted by molar-refractivity contribution is 8.15. The first-order chi connectivity index (χ1) is 16.7. The van der Waals surface area contributed by atoms with E-state index >= 15 is 0 Å². The minimum Gasteiger partial charge on any atom is -0.495 e. The van der Waals surface area contributed by atoms with Gasteiger partial charge in [-0.2, -0.15) is 0 Å². The number of halogens is 1. The van der Waals surface area contributed by atoms with Gasteiger partial charge in [0.2, 0.25) is 11.8 Å². The van der Waals surface area contributed by atoms with Crippen molar-refractivity contribution in [3.05, 3.63) is 63.7 Å². The van der Waals surface area contributed by atoms with Crippen LogP contribution < -0.4 is 14.8 Å². The quantitative estimate of drug-likeness (QED) is 0.289. The van der Waals surface area contributed by atoms with E-state index in [-0.39, 0.29) is 24.6 Å². The number of nitrogens with one attached hydrogen (secondary N) is 1. The van der Waals surface area contributed by atoms with Crippen molar-refractivity contribution in [1.82, 2.24) is 4.90 Å². The van der Waals surface area contributed by atoms with Crippen LogP contribution in [0.2, 0.25) is 5.02 Å². The maximum Gasteiger partial charge on any atom is 0.271 e. The molecule has 1 fully saturated rings. The zero-order valence-electron chi connectivity index (χ0n) is 19.2. The molecule has 1 N–H and O–H groups in total. The van der Waals surface area contributed by atoms with Crippen LogP contribution in [-0.2, 0) is 9.59 Å². The van der Waals surface area contributed by atoms with E-state index < -0.39 is 16.1 Å². The summed E-state index contributed by atoms with van der Waals surface area (Å²) in [6, 6.07) is 7.38. The van der Waals surface area contributed by atoms with E-state index in [1.165, 1.54) is 43.4 Å². The normalized spacial score (nSPS) is 16.3. The fourth-order valence-electron chi connectivity index (χ4n) is 3.28. The maximum absolute atomic E-state index is 13.0. The number of aryl methyl sites for hydroxylation is 1. The van der Waals surface area contributed by atoms with Gasteiger partial charge >= 0.3 is 0 Å². The molecule has 0 aromatic heterocycles. The van der Waals surface area contributed by atoms with Crippen molar-refractivity contribution in [2.45, 2.75) is 18.6 Å². The van der Waals surface area contributed by atoms with Crippen molar-refractivity contribution in [2.75, 3.05) is 26.1 Å². The molecule has 12 heteroatoms. The maximum atomic E-state index is 13.0. The Hall–Kier alpha value is -3.57. The smallest absolute Gasteiger partial charge is 0.271 e. The fourth-order valence-corrected chi connectivity index (χ4v) is 4.68. The number of nitro benzene ring substituents is 1. The second kappa shape index (κ2) is 11.2. The summed E-state index contributed by atoms with van der Waals surface area (Å²) < 4.78 is 10.5. The zero-order valence-corrected chi connectivity index (χ0v) is 20.8. The number of amidine groups is 1. The van der Waals surface area contributed by atoms with Crippen molar-refractivity contribution < 1.29 is 24.0 Å². The van der Waals surface area contributed by atoms with E-state index in [0.29, 0.717) is 38.6 Å². The van der Waals surface area contributed by atoms with Crippen molar-refractivity contribution in [3.8, 4) is 11.5 Å². The van der Waals surface area contributed by atoms with Crippen molar-refractivity contribution in [2.24, 2.45) is 4.99 Å². The lowest BCUT2D eigenvalue weighted by molar-refractivity contribution is -0.384. The van der Waals surface area contributed by atoms with E-state index in [1.807, 2.05) is 0 Å². The molecule has 1 aliphatic heterocycles. The molecule has 1 heterocycles. The number of nitrogens with zero attached hydrogens (tertiary/aromatic N) is 3. The van der Waals surface area contributed by atoms with E-state index in [0.717, 1.165) is 11.8 Å². The number of thioether (sulfide) groups is 1. The molecule has 1 aliphatic rings. The SMILES string of the molecule is C=CCN1C(=O)[C@@H](CC(=O)Nc2cc(OC)c(Cl)cc2OC)SC1=Nc1cc([N+](=O)[O-])ccc1C. The number of non-ortho nitro benzene ring substituents is 1. The summed E-state index contributed by atoms with van der Waals surface area (Å²) in [6.07, 6.45) is 1.40. The topological polar surface area (TPSA) is 123 Å². The molecule has 3 rings (SSSR count). The molecule has 0 spiro atoms. The monoisotopic (exact) mass is 518 g/mol. The minimum atomic E-state index is -0.743. The van der Waals surface area contributed by atoms with Crippen molar-refractivity contribution >= 4 is 57.4 Å². The summed E-state index contributed by atoms with van der Waals surface area (Å²) in [7, 11) is 2.89. The molecule has 10 nitrogen and oxygen atoms in total. The van der Waals surface area contributed by atoms with Gasteiger partial charge in [-0.25, -0.2) is 4.99 Å². The third kappa shape index (κ3) is 5.92. The Labute approximate surface area is 211 Å². The molecule has 2 aromatic carbocycles. The molecular formula is C23H23ClN4O6S. The van der Waals surface area contributed by atoms with Gasteiger partial charge in [-0.05, 0) is 12.5 Å². The molecule has 0 saturated carbocycles. The largest absolute Gasteiger partial charge is 0.495 e. The summed E-state index contributed by atoms with van der Waals surface area (Å²) in [6.45, 7) is 5.62. The average molecular weight is 519 g/mol. The molecule has 35 heavy (non-hydrogen) atoms. The Balaban J connectivity index is 1.83. The highest BCUT2D eigenvalue weighted by Crippen LogP contribution is 2.37. The molecule has 0 bridgehead atoms. The first-order valence-corrected chi connectivity index (χ1v) is 11.6. The highest BCUT2D eigenvalue weighted by Gasteiger charge is 2.39. The number of benzene rings is 2. The predicted molar refractivity (Wildman–Crippen MR) is 136 cm³/mol. The van der Waals surface area contributed by atoms with Crippen LogP contribution >= 0.6 is 23.4 Å². The van der Waals surface area contributed by atoms with E-state index in [4.69, 9.17) is 21.1 Å². The Morgan fingerprint density at radius 2 is 2.03 bits per heavy atom. The van der Waals surface area contributed by atoms with E-state index in [1.54, 1.807) is 19.1 Å². The van der Waals surface area contributed by atoms with Crippen LogP contribution in [0.5, 0.6) is 11.5 Å². The summed E-state index contributed by atoms with van der Waals surface area (Å²) in [4.78, 5) is 42.4. The molecule has 2 aromatic rings. The van der Waals surface area contributed by atoms with Gasteiger partial charge in [0.15, 0.2) is 5.17 Å². The van der Waals surface area contributed by atoms with Crippen LogP contribution in [0, 0.1) is 17.0 Å². The second-order valence-electron chi connectivity index (χ2n) is 7.41. The molecule has 2 amide bonds. The van der Waals surface area contributed by atoms with Crippen molar-refractivity contribution in [1.29, 1.82) is 0 Å². The highest BCUT2D eigenvalue weighted by atomic mass is 35.5. The molecule has 0 aliphatic carbocycles. The molecule has 0 radical (unpaired) electrons. The van der Waals surface area contributed by atoms with Crippen LogP contribution in [0.4, 0.5) is 17.1 Å². The first-order valence-electron chi connectivity index (χ1n) is 10.3. The molecule has 184 valence electrons. The lowest BCUT2D eigenvalue weighted by Gasteiger charge is -2.15. The summed E-state index contributed by atoms with van der Waals surface area (Å²) in [5.41, 5.74) is 1.31. The van der Waals surface area contributed by atoms with Crippen LogP contribution in [-0.4, -0.2) is 52.8 Å². The van der Waals surface area contributed by atoms with Gasteiger partial charge in [0.25, 0.3) is 5.69 Å².